The van der Waals surface area contributed by atoms with Gasteiger partial charge in [0.05, 0.1) is 0 Å². The van der Waals surface area contributed by atoms with E-state index in [0.29, 0.717) is 18.6 Å². The van der Waals surface area contributed by atoms with Gasteiger partial charge in [-0.2, -0.15) is 0 Å². The number of fused-ring (bicyclic) bond motifs is 1. The first-order valence-electron chi connectivity index (χ1n) is 7.03. The van der Waals surface area contributed by atoms with Crippen LogP contribution in [-0.4, -0.2) is 17.5 Å². The predicted molar refractivity (Wildman–Crippen MR) is 72.7 cm³/mol. The maximum Gasteiger partial charge on any atom is 0.165 e. The number of ether oxygens (including phenoxy) is 2. The van der Waals surface area contributed by atoms with Crippen molar-refractivity contribution in [1.29, 1.82) is 0 Å². The van der Waals surface area contributed by atoms with Crippen LogP contribution in [0.4, 0.5) is 0 Å². The molecule has 19 heavy (non-hydrogen) atoms. The molecule has 1 heterocycles. The van der Waals surface area contributed by atoms with Crippen LogP contribution >= 0.6 is 0 Å². The quantitative estimate of drug-likeness (QED) is 0.818. The zero-order chi connectivity index (χ0) is 13.5. The molecule has 0 bridgehead atoms. The van der Waals surface area contributed by atoms with Crippen LogP contribution in [0.15, 0.2) is 18.2 Å². The second-order valence-electron chi connectivity index (χ2n) is 6.16. The zero-order valence-corrected chi connectivity index (χ0v) is 11.6. The van der Waals surface area contributed by atoms with Gasteiger partial charge in [0.15, 0.2) is 11.5 Å². The molecule has 1 unspecified atom stereocenters. The van der Waals surface area contributed by atoms with Crippen LogP contribution in [0.2, 0.25) is 0 Å². The molecule has 0 N–H and O–H groups in total. The van der Waals surface area contributed by atoms with E-state index in [1.165, 1.54) is 5.56 Å². The molecule has 1 aromatic rings. The van der Waals surface area contributed by atoms with E-state index < -0.39 is 0 Å². The lowest BCUT2D eigenvalue weighted by molar-refractivity contribution is -0.122. The van der Waals surface area contributed by atoms with Gasteiger partial charge in [-0.05, 0) is 32.8 Å². The lowest BCUT2D eigenvalue weighted by atomic mass is 9.96. The molecule has 3 nitrogen and oxygen atoms in total. The summed E-state index contributed by atoms with van der Waals surface area (Å²) in [6.07, 6.45) is 4.05. The lowest BCUT2D eigenvalue weighted by Gasteiger charge is -2.24. The number of carbonyl (C=O) groups is 1. The summed E-state index contributed by atoms with van der Waals surface area (Å²) in [5.41, 5.74) is 1.04. The van der Waals surface area contributed by atoms with Gasteiger partial charge in [-0.25, -0.2) is 0 Å². The number of Topliss-reactive ketones (excluding diaryl/α,β-unsaturated/α-hetero) is 1. The molecule has 0 aromatic heterocycles. The number of rotatable bonds is 2. The standard InChI is InChI=1S/C16H20O3/c1-16(2)10-11-5-3-8-14(15(11)19-16)18-13-7-4-6-12(17)9-13/h3,5,8,13H,4,6-7,9-10H2,1-2H3. The number of ketones is 1. The molecule has 3 heteroatoms. The van der Waals surface area contributed by atoms with Gasteiger partial charge in [0.1, 0.15) is 17.5 Å². The Kier molecular flexibility index (Phi) is 3.00. The highest BCUT2D eigenvalue weighted by Gasteiger charge is 2.33. The van der Waals surface area contributed by atoms with E-state index in [0.717, 1.165) is 30.8 Å². The zero-order valence-electron chi connectivity index (χ0n) is 11.6. The molecule has 2 aliphatic rings. The van der Waals surface area contributed by atoms with Crippen LogP contribution in [0.25, 0.3) is 0 Å². The van der Waals surface area contributed by atoms with Crippen molar-refractivity contribution in [3.05, 3.63) is 23.8 Å². The number of benzene rings is 1. The van der Waals surface area contributed by atoms with Gasteiger partial charge in [-0.15, -0.1) is 0 Å². The molecule has 1 aromatic carbocycles. The molecule has 1 atom stereocenters. The minimum Gasteiger partial charge on any atom is -0.486 e. The van der Waals surface area contributed by atoms with Crippen LogP contribution < -0.4 is 9.47 Å². The second-order valence-corrected chi connectivity index (χ2v) is 6.16. The van der Waals surface area contributed by atoms with E-state index >= 15 is 0 Å². The van der Waals surface area contributed by atoms with Crippen molar-refractivity contribution in [3.63, 3.8) is 0 Å². The fraction of sp³-hybridized carbons (Fsp3) is 0.562. The molecular formula is C16H20O3. The van der Waals surface area contributed by atoms with Crippen molar-refractivity contribution in [2.24, 2.45) is 0 Å². The third-order valence-electron chi connectivity index (χ3n) is 3.79. The Bertz CT molecular complexity index is 505. The maximum absolute atomic E-state index is 11.5. The van der Waals surface area contributed by atoms with Gasteiger partial charge in [-0.1, -0.05) is 12.1 Å². The van der Waals surface area contributed by atoms with E-state index in [4.69, 9.17) is 9.47 Å². The minimum absolute atomic E-state index is 0.0139. The van der Waals surface area contributed by atoms with Crippen LogP contribution in [0.5, 0.6) is 11.5 Å². The summed E-state index contributed by atoms with van der Waals surface area (Å²) in [5.74, 6) is 1.97. The summed E-state index contributed by atoms with van der Waals surface area (Å²) < 4.78 is 12.0. The molecule has 1 aliphatic carbocycles. The Hall–Kier alpha value is -1.51. The number of para-hydroxylation sites is 1. The van der Waals surface area contributed by atoms with E-state index in [-0.39, 0.29) is 11.7 Å². The van der Waals surface area contributed by atoms with Crippen molar-refractivity contribution in [2.75, 3.05) is 0 Å². The summed E-state index contributed by atoms with van der Waals surface area (Å²) >= 11 is 0. The fourth-order valence-corrected chi connectivity index (χ4v) is 2.95. The molecule has 1 fully saturated rings. The second kappa shape index (κ2) is 4.55. The molecule has 1 saturated carbocycles. The largest absolute Gasteiger partial charge is 0.486 e. The Morgan fingerprint density at radius 2 is 2.21 bits per heavy atom. The first-order chi connectivity index (χ1) is 9.03. The molecule has 0 spiro atoms. The number of carbonyl (C=O) groups excluding carboxylic acids is 1. The highest BCUT2D eigenvalue weighted by atomic mass is 16.5. The van der Waals surface area contributed by atoms with Gasteiger partial charge in [0.25, 0.3) is 0 Å². The summed E-state index contributed by atoms with van der Waals surface area (Å²) in [5, 5.41) is 0. The average Bonchev–Trinajstić information content (AvgIpc) is 2.64. The first-order valence-corrected chi connectivity index (χ1v) is 7.03. The van der Waals surface area contributed by atoms with Crippen molar-refractivity contribution in [2.45, 2.75) is 57.7 Å². The van der Waals surface area contributed by atoms with Gasteiger partial charge in [0.2, 0.25) is 0 Å². The van der Waals surface area contributed by atoms with Gasteiger partial charge >= 0.3 is 0 Å². The van der Waals surface area contributed by atoms with Crippen LogP contribution in [0.1, 0.15) is 45.1 Å². The topological polar surface area (TPSA) is 35.5 Å². The Morgan fingerprint density at radius 3 is 3.00 bits per heavy atom. The lowest BCUT2D eigenvalue weighted by Crippen LogP contribution is -2.26. The molecule has 102 valence electrons. The third-order valence-corrected chi connectivity index (χ3v) is 3.79. The molecule has 0 amide bonds. The fourth-order valence-electron chi connectivity index (χ4n) is 2.95. The SMILES string of the molecule is CC1(C)Cc2cccc(OC3CCCC(=O)C3)c2O1. The van der Waals surface area contributed by atoms with E-state index in [2.05, 4.69) is 19.9 Å². The molecule has 0 saturated heterocycles. The smallest absolute Gasteiger partial charge is 0.165 e. The Balaban J connectivity index is 1.79. The summed E-state index contributed by atoms with van der Waals surface area (Å²) in [6.45, 7) is 4.17. The predicted octanol–water partition coefficient (Wildman–Crippen LogP) is 3.29. The maximum atomic E-state index is 11.5. The van der Waals surface area contributed by atoms with Gasteiger partial charge < -0.3 is 9.47 Å². The minimum atomic E-state index is -0.163. The number of hydrogen-bond donors (Lipinski definition) is 0. The Morgan fingerprint density at radius 1 is 1.37 bits per heavy atom. The summed E-state index contributed by atoms with van der Waals surface area (Å²) in [4.78, 5) is 11.5. The highest BCUT2D eigenvalue weighted by molar-refractivity contribution is 5.79. The monoisotopic (exact) mass is 260 g/mol. The van der Waals surface area contributed by atoms with Crippen molar-refractivity contribution in [3.8, 4) is 11.5 Å². The van der Waals surface area contributed by atoms with Gasteiger partial charge in [0, 0.05) is 24.8 Å². The van der Waals surface area contributed by atoms with Crippen molar-refractivity contribution >= 4 is 5.78 Å². The van der Waals surface area contributed by atoms with E-state index in [9.17, 15) is 4.79 Å². The molecule has 1 aliphatic heterocycles. The van der Waals surface area contributed by atoms with Crippen LogP contribution in [0, 0.1) is 0 Å². The van der Waals surface area contributed by atoms with E-state index in [1.54, 1.807) is 0 Å². The molecule has 0 radical (unpaired) electrons. The highest BCUT2D eigenvalue weighted by Crippen LogP contribution is 2.42. The normalized spacial score (nSPS) is 24.7. The van der Waals surface area contributed by atoms with Crippen molar-refractivity contribution < 1.29 is 14.3 Å². The van der Waals surface area contributed by atoms with Gasteiger partial charge in [-0.3, -0.25) is 4.79 Å². The average molecular weight is 260 g/mol. The van der Waals surface area contributed by atoms with E-state index in [1.807, 2.05) is 12.1 Å². The first kappa shape index (κ1) is 12.5. The third kappa shape index (κ3) is 2.60. The molecular weight excluding hydrogens is 240 g/mol. The summed E-state index contributed by atoms with van der Waals surface area (Å²) in [6, 6.07) is 6.03. The van der Waals surface area contributed by atoms with Crippen LogP contribution in [0.3, 0.4) is 0 Å². The summed E-state index contributed by atoms with van der Waals surface area (Å²) in [7, 11) is 0. The van der Waals surface area contributed by atoms with Crippen LogP contribution in [-0.2, 0) is 11.2 Å². The molecule has 3 rings (SSSR count). The Labute approximate surface area is 113 Å². The number of hydrogen-bond acceptors (Lipinski definition) is 3. The van der Waals surface area contributed by atoms with Crippen molar-refractivity contribution in [1.82, 2.24) is 0 Å².